The Hall–Kier alpha value is -3.20. The summed E-state index contributed by atoms with van der Waals surface area (Å²) < 4.78 is 13.6. The fourth-order valence-electron chi connectivity index (χ4n) is 2.67. The van der Waals surface area contributed by atoms with E-state index in [1.807, 2.05) is 45.9 Å². The standard InChI is InChI=1S/C23H30N4O4S/c1-16(2)30-20-10-8-9-11-21(20)31-23(29)27(7)32-26(6)22(28)25(5)15-24-19-13-12-17(3)14-18(19)4/h8-16H,1-7H3. The molecule has 0 saturated heterocycles. The molecule has 0 aliphatic heterocycles. The minimum Gasteiger partial charge on any atom is -0.487 e. The molecule has 9 heteroatoms. The second kappa shape index (κ2) is 11.4. The number of urea groups is 1. The van der Waals surface area contributed by atoms with Gasteiger partial charge >= 0.3 is 12.1 Å². The van der Waals surface area contributed by atoms with E-state index in [9.17, 15) is 9.59 Å². The van der Waals surface area contributed by atoms with Crippen LogP contribution in [-0.2, 0) is 0 Å². The number of rotatable bonds is 7. The quantitative estimate of drug-likeness (QED) is 0.314. The van der Waals surface area contributed by atoms with Crippen molar-refractivity contribution in [3.05, 3.63) is 53.6 Å². The number of ether oxygens (including phenoxy) is 2. The lowest BCUT2D eigenvalue weighted by Crippen LogP contribution is -2.37. The van der Waals surface area contributed by atoms with Crippen molar-refractivity contribution < 1.29 is 19.1 Å². The van der Waals surface area contributed by atoms with Gasteiger partial charge < -0.3 is 9.47 Å². The van der Waals surface area contributed by atoms with E-state index in [0.29, 0.717) is 11.5 Å². The third kappa shape index (κ3) is 7.19. The summed E-state index contributed by atoms with van der Waals surface area (Å²) in [5.41, 5.74) is 2.96. The second-order valence-corrected chi connectivity index (χ2v) is 8.74. The predicted molar refractivity (Wildman–Crippen MR) is 129 cm³/mol. The first-order valence-electron chi connectivity index (χ1n) is 10.1. The van der Waals surface area contributed by atoms with E-state index < -0.39 is 6.09 Å². The van der Waals surface area contributed by atoms with Crippen LogP contribution in [0.5, 0.6) is 11.5 Å². The first-order chi connectivity index (χ1) is 15.1. The summed E-state index contributed by atoms with van der Waals surface area (Å²) in [4.78, 5) is 30.9. The van der Waals surface area contributed by atoms with Crippen LogP contribution in [0, 0.1) is 13.8 Å². The molecule has 0 fully saturated rings. The molecule has 0 unspecified atom stereocenters. The van der Waals surface area contributed by atoms with Gasteiger partial charge in [0, 0.05) is 21.1 Å². The first kappa shape index (κ1) is 25.1. The highest BCUT2D eigenvalue weighted by atomic mass is 32.2. The SMILES string of the molecule is Cc1ccc(N=CN(C)C(=O)N(C)SN(C)C(=O)Oc2ccccc2OC(C)C)c(C)c1. The normalized spacial score (nSPS) is 10.9. The van der Waals surface area contributed by atoms with Crippen LogP contribution >= 0.6 is 12.1 Å². The summed E-state index contributed by atoms with van der Waals surface area (Å²) in [5.74, 6) is 0.784. The van der Waals surface area contributed by atoms with Crippen LogP contribution in [0.2, 0.25) is 0 Å². The van der Waals surface area contributed by atoms with Crippen molar-refractivity contribution in [3.63, 3.8) is 0 Å². The number of hydrogen-bond acceptors (Lipinski definition) is 6. The number of carbonyl (C=O) groups excluding carboxylic acids is 2. The van der Waals surface area contributed by atoms with Crippen LogP contribution in [0.25, 0.3) is 0 Å². The van der Waals surface area contributed by atoms with Crippen LogP contribution in [0.1, 0.15) is 25.0 Å². The van der Waals surface area contributed by atoms with Gasteiger partial charge in [-0.2, -0.15) is 0 Å². The lowest BCUT2D eigenvalue weighted by atomic mass is 10.1. The average molecular weight is 459 g/mol. The lowest BCUT2D eigenvalue weighted by molar-refractivity contribution is 0.179. The van der Waals surface area contributed by atoms with Gasteiger partial charge in [-0.15, -0.1) is 0 Å². The Labute approximate surface area is 194 Å². The van der Waals surface area contributed by atoms with E-state index in [1.54, 1.807) is 38.4 Å². The highest BCUT2D eigenvalue weighted by Gasteiger charge is 2.21. The van der Waals surface area contributed by atoms with Crippen LogP contribution in [0.3, 0.4) is 0 Å². The number of para-hydroxylation sites is 2. The van der Waals surface area contributed by atoms with E-state index >= 15 is 0 Å². The Balaban J connectivity index is 1.96. The smallest absolute Gasteiger partial charge is 0.426 e. The van der Waals surface area contributed by atoms with Crippen molar-refractivity contribution in [3.8, 4) is 11.5 Å². The molecule has 0 saturated carbocycles. The topological polar surface area (TPSA) is 74.7 Å². The fourth-order valence-corrected chi connectivity index (χ4v) is 3.34. The average Bonchev–Trinajstić information content (AvgIpc) is 2.73. The minimum atomic E-state index is -0.638. The fraction of sp³-hybridized carbons (Fsp3) is 0.348. The molecule has 0 aliphatic rings. The van der Waals surface area contributed by atoms with Gasteiger partial charge in [-0.05, 0) is 51.5 Å². The third-order valence-electron chi connectivity index (χ3n) is 4.20. The van der Waals surface area contributed by atoms with Gasteiger partial charge in [0.2, 0.25) is 0 Å². The minimum absolute atomic E-state index is 0.0633. The Morgan fingerprint density at radius 2 is 1.66 bits per heavy atom. The molecule has 0 aliphatic carbocycles. The molecule has 0 spiro atoms. The van der Waals surface area contributed by atoms with Crippen molar-refractivity contribution in [2.45, 2.75) is 33.8 Å². The molecule has 0 bridgehead atoms. The van der Waals surface area contributed by atoms with E-state index in [0.717, 1.165) is 28.9 Å². The summed E-state index contributed by atoms with van der Waals surface area (Å²) in [5, 5.41) is 0. The highest BCUT2D eigenvalue weighted by molar-refractivity contribution is 7.95. The molecular weight excluding hydrogens is 428 g/mol. The van der Waals surface area contributed by atoms with Crippen molar-refractivity contribution in [2.75, 3.05) is 21.1 Å². The molecule has 0 aromatic heterocycles. The zero-order chi connectivity index (χ0) is 23.8. The van der Waals surface area contributed by atoms with Crippen molar-refractivity contribution in [1.29, 1.82) is 0 Å². The molecular formula is C23H30N4O4S. The highest BCUT2D eigenvalue weighted by Crippen LogP contribution is 2.28. The maximum Gasteiger partial charge on any atom is 0.426 e. The third-order valence-corrected chi connectivity index (χ3v) is 5.00. The summed E-state index contributed by atoms with van der Waals surface area (Å²) in [6, 6.07) is 12.5. The van der Waals surface area contributed by atoms with Crippen LogP contribution in [-0.4, -0.2) is 59.2 Å². The van der Waals surface area contributed by atoms with Gasteiger partial charge in [0.15, 0.2) is 11.5 Å². The molecule has 2 rings (SSSR count). The summed E-state index contributed by atoms with van der Waals surface area (Å²) >= 11 is 0.908. The molecule has 2 aromatic carbocycles. The Morgan fingerprint density at radius 1 is 1.00 bits per heavy atom. The zero-order valence-electron chi connectivity index (χ0n) is 19.5. The van der Waals surface area contributed by atoms with Crippen LogP contribution in [0.4, 0.5) is 15.3 Å². The van der Waals surface area contributed by atoms with Gasteiger partial charge in [0.1, 0.15) is 0 Å². The molecule has 32 heavy (non-hydrogen) atoms. The Kier molecular flexibility index (Phi) is 8.95. The summed E-state index contributed by atoms with van der Waals surface area (Å²) in [6.07, 6.45) is 0.752. The number of hydrogen-bond donors (Lipinski definition) is 0. The van der Waals surface area contributed by atoms with Crippen molar-refractivity contribution in [2.24, 2.45) is 4.99 Å². The molecule has 0 heterocycles. The van der Waals surface area contributed by atoms with Gasteiger partial charge in [-0.1, -0.05) is 29.8 Å². The molecule has 0 atom stereocenters. The Morgan fingerprint density at radius 3 is 2.28 bits per heavy atom. The zero-order valence-corrected chi connectivity index (χ0v) is 20.3. The number of aryl methyl sites for hydroxylation is 2. The molecule has 0 N–H and O–H groups in total. The monoisotopic (exact) mass is 458 g/mol. The van der Waals surface area contributed by atoms with Gasteiger partial charge in [0.05, 0.1) is 30.3 Å². The lowest BCUT2D eigenvalue weighted by Gasteiger charge is -2.24. The van der Waals surface area contributed by atoms with Gasteiger partial charge in [-0.25, -0.2) is 18.9 Å². The van der Waals surface area contributed by atoms with Gasteiger partial charge in [0.25, 0.3) is 0 Å². The summed E-state index contributed by atoms with van der Waals surface area (Å²) in [6.45, 7) is 7.76. The number of nitrogens with zero attached hydrogens (tertiary/aromatic N) is 4. The van der Waals surface area contributed by atoms with Gasteiger partial charge in [-0.3, -0.25) is 9.21 Å². The molecule has 0 radical (unpaired) electrons. The Bertz CT molecular complexity index is 980. The van der Waals surface area contributed by atoms with E-state index in [1.165, 1.54) is 26.9 Å². The second-order valence-electron chi connectivity index (χ2n) is 7.49. The number of aliphatic imine (C=N–C) groups is 1. The number of carbonyl (C=O) groups is 2. The van der Waals surface area contributed by atoms with Crippen LogP contribution < -0.4 is 9.47 Å². The van der Waals surface area contributed by atoms with E-state index in [2.05, 4.69) is 4.99 Å². The van der Waals surface area contributed by atoms with Crippen molar-refractivity contribution >= 4 is 36.3 Å². The van der Waals surface area contributed by atoms with E-state index in [-0.39, 0.29) is 12.1 Å². The van der Waals surface area contributed by atoms with E-state index in [4.69, 9.17) is 9.47 Å². The van der Waals surface area contributed by atoms with Crippen LogP contribution in [0.15, 0.2) is 47.5 Å². The molecule has 2 aromatic rings. The molecule has 8 nitrogen and oxygen atoms in total. The molecule has 172 valence electrons. The number of benzene rings is 2. The molecule has 3 amide bonds. The first-order valence-corrected chi connectivity index (χ1v) is 10.8. The largest absolute Gasteiger partial charge is 0.487 e. The maximum atomic E-state index is 12.6. The maximum absolute atomic E-state index is 12.6. The van der Waals surface area contributed by atoms with Crippen molar-refractivity contribution in [1.82, 2.24) is 13.5 Å². The predicted octanol–water partition coefficient (Wildman–Crippen LogP) is 5.43. The summed E-state index contributed by atoms with van der Waals surface area (Å²) in [7, 11) is 4.69. The number of amides is 3.